The summed E-state index contributed by atoms with van der Waals surface area (Å²) in [5.74, 6) is -6.54. The van der Waals surface area contributed by atoms with Gasteiger partial charge in [-0.1, -0.05) is 6.07 Å². The molecule has 2 saturated heterocycles. The van der Waals surface area contributed by atoms with Gasteiger partial charge in [-0.15, -0.1) is 0 Å². The third kappa shape index (κ3) is 5.68. The summed E-state index contributed by atoms with van der Waals surface area (Å²) in [6.45, 7) is 2.33. The molecule has 2 aromatic rings. The number of aliphatic carboxylic acids is 1. The standard InChI is InChI=1S/C27H28F2N4O8.Na/c1-27(2,25(37)38)26(39)41-13-40-22-20-24(36)33-10-16-4-3-7-32(16)19(33)12-31(20)11-17(21(22)34)23(35)30-9-14-5-6-15(28)8-18(14)29;/h5-6,8,11,16,19H,3-4,7,9-10,12-13H2,1-2H3,(H,30,35)(H,37,38);/q;+1/p-1/t16-,19+;/m1./s1. The molecule has 2 atom stereocenters. The molecule has 42 heavy (non-hydrogen) atoms. The maximum atomic E-state index is 14.1. The molecule has 1 N–H and O–H groups in total. The van der Waals surface area contributed by atoms with Gasteiger partial charge < -0.3 is 34.2 Å². The maximum absolute atomic E-state index is 14.1. The van der Waals surface area contributed by atoms with Crippen molar-refractivity contribution in [1.82, 2.24) is 19.7 Å². The second-order valence-corrected chi connectivity index (χ2v) is 10.7. The Hall–Kier alpha value is -3.33. The number of carboxylic acids is 1. The molecule has 0 bridgehead atoms. The molecule has 1 aromatic carbocycles. The Morgan fingerprint density at radius 2 is 1.90 bits per heavy atom. The number of carbonyl (C=O) groups excluding carboxylic acids is 4. The van der Waals surface area contributed by atoms with Crippen molar-refractivity contribution >= 4 is 23.8 Å². The van der Waals surface area contributed by atoms with E-state index in [1.54, 1.807) is 4.90 Å². The van der Waals surface area contributed by atoms with Crippen LogP contribution in [0.4, 0.5) is 8.78 Å². The first-order valence-corrected chi connectivity index (χ1v) is 13.0. The molecule has 2 fully saturated rings. The van der Waals surface area contributed by atoms with Crippen molar-refractivity contribution in [2.75, 3.05) is 19.9 Å². The number of carboxylic acid groups (broad SMARTS) is 1. The summed E-state index contributed by atoms with van der Waals surface area (Å²) >= 11 is 0. The molecule has 1 aromatic heterocycles. The number of hydrogen-bond acceptors (Lipinski definition) is 9. The average molecular weight is 597 g/mol. The van der Waals surface area contributed by atoms with Crippen molar-refractivity contribution < 1.29 is 72.1 Å². The van der Waals surface area contributed by atoms with Crippen LogP contribution >= 0.6 is 0 Å². The van der Waals surface area contributed by atoms with Crippen molar-refractivity contribution in [2.24, 2.45) is 5.41 Å². The minimum absolute atomic E-state index is 0. The van der Waals surface area contributed by atoms with Crippen molar-refractivity contribution in [1.29, 1.82) is 0 Å². The van der Waals surface area contributed by atoms with Gasteiger partial charge in [-0.05, 0) is 32.8 Å². The Balaban J connectivity index is 0.00000405. The molecule has 15 heteroatoms. The summed E-state index contributed by atoms with van der Waals surface area (Å²) in [6, 6.07) is 3.00. The number of ether oxygens (including phenoxy) is 2. The van der Waals surface area contributed by atoms with Gasteiger partial charge in [0.05, 0.1) is 12.5 Å². The number of pyridine rings is 1. The van der Waals surface area contributed by atoms with E-state index in [0.717, 1.165) is 45.4 Å². The zero-order valence-electron chi connectivity index (χ0n) is 23.3. The number of rotatable bonds is 8. The van der Waals surface area contributed by atoms with Gasteiger partial charge >= 0.3 is 35.5 Å². The van der Waals surface area contributed by atoms with Crippen LogP contribution in [0, 0.1) is 17.0 Å². The monoisotopic (exact) mass is 596 g/mol. The van der Waals surface area contributed by atoms with E-state index in [2.05, 4.69) is 10.2 Å². The fourth-order valence-corrected chi connectivity index (χ4v) is 5.35. The Morgan fingerprint density at radius 1 is 1.17 bits per heavy atom. The van der Waals surface area contributed by atoms with E-state index in [-0.39, 0.29) is 66.1 Å². The molecule has 2 amide bonds. The fraction of sp³-hybridized carbons (Fsp3) is 0.444. The van der Waals surface area contributed by atoms with Crippen LogP contribution in [0.1, 0.15) is 53.1 Å². The van der Waals surface area contributed by atoms with Gasteiger partial charge in [0.25, 0.3) is 11.8 Å². The molecule has 0 aliphatic carbocycles. The van der Waals surface area contributed by atoms with Gasteiger partial charge in [-0.2, -0.15) is 0 Å². The molecular formula is C27H27F2N4NaO8. The van der Waals surface area contributed by atoms with Crippen molar-refractivity contribution in [2.45, 2.75) is 52.0 Å². The van der Waals surface area contributed by atoms with E-state index in [4.69, 9.17) is 9.47 Å². The Bertz CT molecular complexity index is 1510. The van der Waals surface area contributed by atoms with E-state index >= 15 is 0 Å². The second kappa shape index (κ2) is 12.1. The number of nitrogens with one attached hydrogen (secondary N) is 1. The van der Waals surface area contributed by atoms with Crippen molar-refractivity contribution in [3.8, 4) is 5.75 Å². The first kappa shape index (κ1) is 31.6. The molecule has 0 spiro atoms. The normalized spacial score (nSPS) is 19.3. The predicted molar refractivity (Wildman–Crippen MR) is 133 cm³/mol. The summed E-state index contributed by atoms with van der Waals surface area (Å²) in [7, 11) is 0. The number of esters is 1. The largest absolute Gasteiger partial charge is 1.00 e. The van der Waals surface area contributed by atoms with Gasteiger partial charge in [0.15, 0.2) is 5.69 Å². The summed E-state index contributed by atoms with van der Waals surface area (Å²) in [5.41, 5.74) is -3.60. The predicted octanol–water partition coefficient (Wildman–Crippen LogP) is -3.02. The van der Waals surface area contributed by atoms with Crippen LogP contribution < -0.4 is 50.1 Å². The van der Waals surface area contributed by atoms with Gasteiger partial charge in [-0.3, -0.25) is 24.1 Å². The maximum Gasteiger partial charge on any atom is 1.00 e. The number of fused-ring (bicyclic) bond motifs is 4. The van der Waals surface area contributed by atoms with Crippen LogP contribution in [0.5, 0.6) is 5.75 Å². The molecule has 5 rings (SSSR count). The van der Waals surface area contributed by atoms with Crippen molar-refractivity contribution in [3.63, 3.8) is 0 Å². The number of halogens is 2. The first-order chi connectivity index (χ1) is 19.4. The number of hydrogen-bond donors (Lipinski definition) is 1. The van der Waals surface area contributed by atoms with Crippen LogP contribution in [-0.2, 0) is 27.4 Å². The summed E-state index contributed by atoms with van der Waals surface area (Å²) in [5, 5.41) is 13.7. The number of nitrogens with zero attached hydrogens (tertiary/aromatic N) is 3. The third-order valence-corrected chi connectivity index (χ3v) is 7.75. The van der Waals surface area contributed by atoms with E-state index < -0.39 is 64.3 Å². The molecular weight excluding hydrogens is 569 g/mol. The van der Waals surface area contributed by atoms with Crippen LogP contribution in [-0.4, -0.2) is 70.2 Å². The SMILES string of the molecule is CC(C)(C(=O)[O-])C(=O)OCOc1c2n(cc(C(=O)NCc3ccc(F)cc3F)c1=O)C[C@@H]1N(C[C@H]3CCCN31)C2=O.[Na+]. The zero-order valence-corrected chi connectivity index (χ0v) is 25.3. The minimum Gasteiger partial charge on any atom is -0.549 e. The summed E-state index contributed by atoms with van der Waals surface area (Å²) in [4.78, 5) is 67.5. The van der Waals surface area contributed by atoms with Crippen LogP contribution in [0.15, 0.2) is 29.2 Å². The summed E-state index contributed by atoms with van der Waals surface area (Å²) < 4.78 is 39.1. The Morgan fingerprint density at radius 3 is 2.60 bits per heavy atom. The molecule has 0 unspecified atom stereocenters. The van der Waals surface area contributed by atoms with E-state index in [0.29, 0.717) is 12.6 Å². The zero-order chi connectivity index (χ0) is 29.6. The van der Waals surface area contributed by atoms with Crippen LogP contribution in [0.25, 0.3) is 0 Å². The topological polar surface area (TPSA) is 150 Å². The molecule has 0 radical (unpaired) electrons. The number of carbonyl (C=O) groups is 4. The van der Waals surface area contributed by atoms with Crippen LogP contribution in [0.2, 0.25) is 0 Å². The second-order valence-electron chi connectivity index (χ2n) is 10.7. The molecule has 3 aliphatic rings. The van der Waals surface area contributed by atoms with Gasteiger partial charge in [0.2, 0.25) is 18.0 Å². The van der Waals surface area contributed by atoms with Crippen molar-refractivity contribution in [3.05, 3.63) is 63.1 Å². The number of aromatic nitrogens is 1. The Kier molecular flexibility index (Phi) is 9.11. The smallest absolute Gasteiger partial charge is 0.549 e. The quantitative estimate of drug-likeness (QED) is 0.145. The minimum atomic E-state index is -2.01. The number of amides is 2. The van der Waals surface area contributed by atoms with E-state index in [1.807, 2.05) is 0 Å². The van der Waals surface area contributed by atoms with Crippen LogP contribution in [0.3, 0.4) is 0 Å². The van der Waals surface area contributed by atoms with E-state index in [9.17, 15) is 37.9 Å². The van der Waals surface area contributed by atoms with Gasteiger partial charge in [-0.25, -0.2) is 8.78 Å². The average Bonchev–Trinajstić information content (AvgIpc) is 3.51. The summed E-state index contributed by atoms with van der Waals surface area (Å²) in [6.07, 6.45) is 2.82. The molecule has 4 heterocycles. The molecule has 218 valence electrons. The molecule has 0 saturated carbocycles. The molecule has 3 aliphatic heterocycles. The van der Waals surface area contributed by atoms with Gasteiger partial charge in [0, 0.05) is 43.5 Å². The third-order valence-electron chi connectivity index (χ3n) is 7.75. The molecule has 12 nitrogen and oxygen atoms in total. The number of benzene rings is 1. The van der Waals surface area contributed by atoms with Gasteiger partial charge in [0.1, 0.15) is 28.8 Å². The van der Waals surface area contributed by atoms with E-state index in [1.165, 1.54) is 10.8 Å². The fourth-order valence-electron chi connectivity index (χ4n) is 5.35. The Labute approximate surface area is 260 Å². The first-order valence-electron chi connectivity index (χ1n) is 13.0.